The minimum absolute atomic E-state index is 0.0272. The van der Waals surface area contributed by atoms with E-state index in [4.69, 9.17) is 20.3 Å². The average molecular weight is 274 g/mol. The van der Waals surface area contributed by atoms with Gasteiger partial charge in [-0.05, 0) is 17.7 Å². The molecule has 1 heterocycles. The van der Waals surface area contributed by atoms with Crippen LogP contribution in [-0.4, -0.2) is 23.2 Å². The number of ether oxygens (including phenoxy) is 2. The highest BCUT2D eigenvalue weighted by molar-refractivity contribution is 5.93. The van der Waals surface area contributed by atoms with E-state index < -0.39 is 5.97 Å². The standard InChI is InChI=1S/C14H14N2O4/c1-19-10-4-2-3-9(5-10)8-20-13-6-11(14(17)18)12(15)7-16-13/h2-7H,8,15H2,1H3,(H,17,18). The lowest BCUT2D eigenvalue weighted by molar-refractivity contribution is 0.0697. The predicted molar refractivity (Wildman–Crippen MR) is 72.9 cm³/mol. The molecule has 0 aliphatic rings. The molecule has 0 amide bonds. The number of anilines is 1. The van der Waals surface area contributed by atoms with Crippen LogP contribution in [0.4, 0.5) is 5.69 Å². The van der Waals surface area contributed by atoms with Crippen molar-refractivity contribution in [3.63, 3.8) is 0 Å². The summed E-state index contributed by atoms with van der Waals surface area (Å²) in [5.74, 6) is -0.182. The van der Waals surface area contributed by atoms with Gasteiger partial charge in [0.15, 0.2) is 0 Å². The van der Waals surface area contributed by atoms with Gasteiger partial charge in [0, 0.05) is 6.07 Å². The zero-order valence-corrected chi connectivity index (χ0v) is 10.9. The molecule has 1 aromatic heterocycles. The maximum absolute atomic E-state index is 11.0. The number of methoxy groups -OCH3 is 1. The summed E-state index contributed by atoms with van der Waals surface area (Å²) in [5.41, 5.74) is 6.48. The zero-order chi connectivity index (χ0) is 14.5. The summed E-state index contributed by atoms with van der Waals surface area (Å²) in [6, 6.07) is 8.68. The van der Waals surface area contributed by atoms with Gasteiger partial charge in [0.1, 0.15) is 12.4 Å². The van der Waals surface area contributed by atoms with E-state index in [-0.39, 0.29) is 23.7 Å². The van der Waals surface area contributed by atoms with Crippen molar-refractivity contribution >= 4 is 11.7 Å². The first-order valence-electron chi connectivity index (χ1n) is 5.84. The smallest absolute Gasteiger partial charge is 0.338 e. The Hall–Kier alpha value is -2.76. The number of nitrogens with zero attached hydrogens (tertiary/aromatic N) is 1. The highest BCUT2D eigenvalue weighted by Gasteiger charge is 2.10. The second kappa shape index (κ2) is 5.92. The average Bonchev–Trinajstić information content (AvgIpc) is 2.46. The van der Waals surface area contributed by atoms with Crippen LogP contribution in [0.5, 0.6) is 11.6 Å². The van der Waals surface area contributed by atoms with E-state index in [9.17, 15) is 4.79 Å². The Balaban J connectivity index is 2.10. The van der Waals surface area contributed by atoms with Crippen molar-refractivity contribution in [2.45, 2.75) is 6.61 Å². The van der Waals surface area contributed by atoms with Gasteiger partial charge in [0.05, 0.1) is 24.6 Å². The maximum Gasteiger partial charge on any atom is 0.338 e. The molecule has 104 valence electrons. The number of benzene rings is 1. The summed E-state index contributed by atoms with van der Waals surface area (Å²) in [7, 11) is 1.58. The minimum Gasteiger partial charge on any atom is -0.497 e. The van der Waals surface area contributed by atoms with E-state index in [1.54, 1.807) is 7.11 Å². The van der Waals surface area contributed by atoms with Crippen molar-refractivity contribution in [3.8, 4) is 11.6 Å². The molecule has 6 heteroatoms. The summed E-state index contributed by atoms with van der Waals surface area (Å²) >= 11 is 0. The van der Waals surface area contributed by atoms with E-state index >= 15 is 0 Å². The van der Waals surface area contributed by atoms with Gasteiger partial charge in [-0.2, -0.15) is 0 Å². The fourth-order valence-electron chi connectivity index (χ4n) is 1.63. The lowest BCUT2D eigenvalue weighted by Gasteiger charge is -2.08. The Kier molecular flexibility index (Phi) is 4.05. The monoisotopic (exact) mass is 274 g/mol. The number of aromatic carboxylic acids is 1. The number of carboxylic acid groups (broad SMARTS) is 1. The van der Waals surface area contributed by atoms with Gasteiger partial charge in [-0.15, -0.1) is 0 Å². The SMILES string of the molecule is COc1cccc(COc2cc(C(=O)O)c(N)cn2)c1. The van der Waals surface area contributed by atoms with Crippen LogP contribution in [0.3, 0.4) is 0 Å². The molecule has 0 saturated heterocycles. The first kappa shape index (κ1) is 13.7. The number of pyridine rings is 1. The zero-order valence-electron chi connectivity index (χ0n) is 10.9. The van der Waals surface area contributed by atoms with Crippen LogP contribution in [0, 0.1) is 0 Å². The maximum atomic E-state index is 11.0. The van der Waals surface area contributed by atoms with Crippen molar-refractivity contribution in [2.24, 2.45) is 0 Å². The minimum atomic E-state index is -1.11. The van der Waals surface area contributed by atoms with Gasteiger partial charge in [-0.25, -0.2) is 9.78 Å². The summed E-state index contributed by atoms with van der Waals surface area (Å²) in [6.07, 6.45) is 1.27. The highest BCUT2D eigenvalue weighted by atomic mass is 16.5. The van der Waals surface area contributed by atoms with E-state index in [1.165, 1.54) is 12.3 Å². The highest BCUT2D eigenvalue weighted by Crippen LogP contribution is 2.18. The van der Waals surface area contributed by atoms with Crippen LogP contribution in [0.2, 0.25) is 0 Å². The molecule has 0 radical (unpaired) electrons. The number of rotatable bonds is 5. The Morgan fingerprint density at radius 3 is 2.90 bits per heavy atom. The topological polar surface area (TPSA) is 94.7 Å². The van der Waals surface area contributed by atoms with E-state index in [2.05, 4.69) is 4.98 Å². The third-order valence-electron chi connectivity index (χ3n) is 2.66. The number of carboxylic acids is 1. The van der Waals surface area contributed by atoms with E-state index in [0.717, 1.165) is 11.3 Å². The Bertz CT molecular complexity index is 628. The summed E-state index contributed by atoms with van der Waals surface area (Å²) in [6.45, 7) is 0.257. The molecular formula is C14H14N2O4. The molecule has 20 heavy (non-hydrogen) atoms. The van der Waals surface area contributed by atoms with Crippen molar-refractivity contribution in [3.05, 3.63) is 47.7 Å². The van der Waals surface area contributed by atoms with Gasteiger partial charge in [0.2, 0.25) is 5.88 Å². The second-order valence-electron chi connectivity index (χ2n) is 4.06. The fraction of sp³-hybridized carbons (Fsp3) is 0.143. The van der Waals surface area contributed by atoms with Crippen molar-refractivity contribution in [2.75, 3.05) is 12.8 Å². The van der Waals surface area contributed by atoms with Gasteiger partial charge in [-0.1, -0.05) is 12.1 Å². The molecule has 2 aromatic rings. The molecule has 0 aliphatic heterocycles. The van der Waals surface area contributed by atoms with Crippen LogP contribution in [0.1, 0.15) is 15.9 Å². The number of nitrogens with two attached hydrogens (primary N) is 1. The molecule has 0 atom stereocenters. The van der Waals surface area contributed by atoms with Gasteiger partial charge in [-0.3, -0.25) is 0 Å². The molecule has 0 aliphatic carbocycles. The summed E-state index contributed by atoms with van der Waals surface area (Å²) in [4.78, 5) is 14.9. The van der Waals surface area contributed by atoms with Crippen molar-refractivity contribution in [1.82, 2.24) is 4.98 Å². The molecular weight excluding hydrogens is 260 g/mol. The van der Waals surface area contributed by atoms with Crippen LogP contribution >= 0.6 is 0 Å². The van der Waals surface area contributed by atoms with Crippen LogP contribution in [-0.2, 0) is 6.61 Å². The van der Waals surface area contributed by atoms with E-state index in [1.807, 2.05) is 24.3 Å². The number of hydrogen-bond acceptors (Lipinski definition) is 5. The Morgan fingerprint density at radius 1 is 1.40 bits per heavy atom. The first-order chi connectivity index (χ1) is 9.60. The molecule has 2 rings (SSSR count). The van der Waals surface area contributed by atoms with Gasteiger partial charge >= 0.3 is 5.97 Å². The fourth-order valence-corrected chi connectivity index (χ4v) is 1.63. The summed E-state index contributed by atoms with van der Waals surface area (Å²) < 4.78 is 10.6. The molecule has 0 unspecified atom stereocenters. The quantitative estimate of drug-likeness (QED) is 0.865. The van der Waals surface area contributed by atoms with Crippen molar-refractivity contribution < 1.29 is 19.4 Å². The lowest BCUT2D eigenvalue weighted by Crippen LogP contribution is -2.05. The number of hydrogen-bond donors (Lipinski definition) is 2. The molecule has 1 aromatic carbocycles. The number of aromatic nitrogens is 1. The van der Waals surface area contributed by atoms with Crippen LogP contribution in [0.25, 0.3) is 0 Å². The molecule has 0 saturated carbocycles. The van der Waals surface area contributed by atoms with Gasteiger partial charge in [0.25, 0.3) is 0 Å². The molecule has 3 N–H and O–H groups in total. The molecule has 0 bridgehead atoms. The predicted octanol–water partition coefficient (Wildman–Crippen LogP) is 1.95. The Labute approximate surface area is 115 Å². The van der Waals surface area contributed by atoms with Gasteiger partial charge < -0.3 is 20.3 Å². The summed E-state index contributed by atoms with van der Waals surface area (Å²) in [5, 5.41) is 8.96. The largest absolute Gasteiger partial charge is 0.497 e. The van der Waals surface area contributed by atoms with Crippen LogP contribution < -0.4 is 15.2 Å². The number of nitrogen functional groups attached to an aromatic ring is 1. The second-order valence-corrected chi connectivity index (χ2v) is 4.06. The third-order valence-corrected chi connectivity index (χ3v) is 2.66. The normalized spacial score (nSPS) is 10.1. The third kappa shape index (κ3) is 3.17. The number of carbonyl (C=O) groups is 1. The molecule has 0 fully saturated rings. The first-order valence-corrected chi connectivity index (χ1v) is 5.84. The van der Waals surface area contributed by atoms with Crippen LogP contribution in [0.15, 0.2) is 36.5 Å². The molecule has 6 nitrogen and oxygen atoms in total. The van der Waals surface area contributed by atoms with E-state index in [0.29, 0.717) is 0 Å². The van der Waals surface area contributed by atoms with Crippen molar-refractivity contribution in [1.29, 1.82) is 0 Å². The molecule has 0 spiro atoms. The Morgan fingerprint density at radius 2 is 2.20 bits per heavy atom. The lowest BCUT2D eigenvalue weighted by atomic mass is 10.2.